The van der Waals surface area contributed by atoms with Gasteiger partial charge in [0.05, 0.1) is 17.0 Å². The monoisotopic (exact) mass is 252 g/mol. The van der Waals surface area contributed by atoms with E-state index >= 15 is 0 Å². The van der Waals surface area contributed by atoms with Gasteiger partial charge in [-0.05, 0) is 26.0 Å². The van der Waals surface area contributed by atoms with Crippen LogP contribution in [0.4, 0.5) is 0 Å². The van der Waals surface area contributed by atoms with Crippen molar-refractivity contribution in [2.45, 2.75) is 25.8 Å². The van der Waals surface area contributed by atoms with E-state index in [0.717, 1.165) is 5.56 Å². The van der Waals surface area contributed by atoms with Crippen molar-refractivity contribution in [1.82, 2.24) is 0 Å². The molecule has 78 valence electrons. The zero-order valence-electron chi connectivity index (χ0n) is 7.98. The lowest BCUT2D eigenvalue weighted by Gasteiger charge is -2.14. The van der Waals surface area contributed by atoms with Crippen molar-refractivity contribution in [3.05, 3.63) is 27.7 Å². The Morgan fingerprint density at radius 1 is 1.29 bits per heavy atom. The number of hydrogen-bond donors (Lipinski definition) is 0. The molecule has 1 rings (SSSR count). The van der Waals surface area contributed by atoms with Gasteiger partial charge < -0.3 is 4.74 Å². The first-order chi connectivity index (χ1) is 6.54. The SMILES string of the molecule is CC(C)Oc1c(Cl)cc(Cl)cc1CCl. The van der Waals surface area contributed by atoms with Crippen LogP contribution >= 0.6 is 34.8 Å². The van der Waals surface area contributed by atoms with Crippen LogP contribution in [0.1, 0.15) is 19.4 Å². The molecular formula is C10H11Cl3O. The summed E-state index contributed by atoms with van der Waals surface area (Å²) in [7, 11) is 0. The van der Waals surface area contributed by atoms with Gasteiger partial charge in [-0.15, -0.1) is 11.6 Å². The number of benzene rings is 1. The third-order valence-electron chi connectivity index (χ3n) is 1.58. The van der Waals surface area contributed by atoms with Gasteiger partial charge in [0, 0.05) is 10.6 Å². The van der Waals surface area contributed by atoms with Crippen LogP contribution in [0.2, 0.25) is 10.0 Å². The van der Waals surface area contributed by atoms with E-state index in [0.29, 0.717) is 21.7 Å². The fourth-order valence-corrected chi connectivity index (χ4v) is 1.86. The van der Waals surface area contributed by atoms with Crippen molar-refractivity contribution in [1.29, 1.82) is 0 Å². The summed E-state index contributed by atoms with van der Waals surface area (Å²) in [5, 5.41) is 1.07. The minimum atomic E-state index is 0.0654. The van der Waals surface area contributed by atoms with Gasteiger partial charge in [-0.1, -0.05) is 23.2 Å². The molecule has 1 nitrogen and oxygen atoms in total. The lowest BCUT2D eigenvalue weighted by atomic mass is 10.2. The van der Waals surface area contributed by atoms with E-state index in [1.807, 2.05) is 13.8 Å². The summed E-state index contributed by atoms with van der Waals surface area (Å²) in [4.78, 5) is 0. The van der Waals surface area contributed by atoms with Crippen LogP contribution in [0.25, 0.3) is 0 Å². The van der Waals surface area contributed by atoms with Crippen LogP contribution in [0.5, 0.6) is 5.75 Å². The quantitative estimate of drug-likeness (QED) is 0.720. The van der Waals surface area contributed by atoms with E-state index in [9.17, 15) is 0 Å². The molecule has 0 fully saturated rings. The largest absolute Gasteiger partial charge is 0.489 e. The van der Waals surface area contributed by atoms with E-state index in [4.69, 9.17) is 39.5 Å². The zero-order chi connectivity index (χ0) is 10.7. The average molecular weight is 254 g/mol. The Morgan fingerprint density at radius 3 is 2.43 bits per heavy atom. The molecule has 1 aromatic rings. The van der Waals surface area contributed by atoms with Gasteiger partial charge in [0.1, 0.15) is 5.75 Å². The molecule has 0 N–H and O–H groups in total. The van der Waals surface area contributed by atoms with Crippen molar-refractivity contribution >= 4 is 34.8 Å². The number of rotatable bonds is 3. The molecule has 4 heteroatoms. The molecule has 1 aromatic carbocycles. The second-order valence-electron chi connectivity index (χ2n) is 3.18. The van der Waals surface area contributed by atoms with Crippen molar-refractivity contribution in [3.63, 3.8) is 0 Å². The van der Waals surface area contributed by atoms with E-state index in [1.165, 1.54) is 0 Å². The molecule has 0 aromatic heterocycles. The maximum Gasteiger partial charge on any atom is 0.142 e. The third-order valence-corrected chi connectivity index (χ3v) is 2.37. The fraction of sp³-hybridized carbons (Fsp3) is 0.400. The van der Waals surface area contributed by atoms with E-state index in [-0.39, 0.29) is 6.10 Å². The van der Waals surface area contributed by atoms with Gasteiger partial charge in [-0.25, -0.2) is 0 Å². The van der Waals surface area contributed by atoms with Crippen molar-refractivity contribution in [2.75, 3.05) is 0 Å². The highest BCUT2D eigenvalue weighted by molar-refractivity contribution is 6.36. The van der Waals surface area contributed by atoms with E-state index in [2.05, 4.69) is 0 Å². The first-order valence-corrected chi connectivity index (χ1v) is 5.54. The second-order valence-corrected chi connectivity index (χ2v) is 4.29. The first kappa shape index (κ1) is 12.0. The summed E-state index contributed by atoms with van der Waals surface area (Å²) in [5.41, 5.74) is 0.817. The zero-order valence-corrected chi connectivity index (χ0v) is 10.2. The van der Waals surface area contributed by atoms with Crippen LogP contribution in [-0.4, -0.2) is 6.10 Å². The smallest absolute Gasteiger partial charge is 0.142 e. The lowest BCUT2D eigenvalue weighted by Crippen LogP contribution is -2.07. The number of hydrogen-bond acceptors (Lipinski definition) is 1. The van der Waals surface area contributed by atoms with Gasteiger partial charge in [0.15, 0.2) is 0 Å². The van der Waals surface area contributed by atoms with Crippen LogP contribution in [0, 0.1) is 0 Å². The van der Waals surface area contributed by atoms with Crippen LogP contribution in [0.15, 0.2) is 12.1 Å². The van der Waals surface area contributed by atoms with Crippen LogP contribution in [0.3, 0.4) is 0 Å². The third kappa shape index (κ3) is 2.94. The number of alkyl halides is 1. The number of ether oxygens (including phenoxy) is 1. The molecule has 0 saturated heterocycles. The molecule has 0 aliphatic carbocycles. The molecule has 0 bridgehead atoms. The van der Waals surface area contributed by atoms with Crippen LogP contribution in [-0.2, 0) is 5.88 Å². The summed E-state index contributed by atoms with van der Waals surface area (Å²) < 4.78 is 5.55. The normalized spacial score (nSPS) is 10.7. The van der Waals surface area contributed by atoms with Crippen LogP contribution < -0.4 is 4.74 Å². The highest BCUT2D eigenvalue weighted by atomic mass is 35.5. The number of halogens is 3. The molecule has 0 spiro atoms. The summed E-state index contributed by atoms with van der Waals surface area (Å²) >= 11 is 17.6. The van der Waals surface area contributed by atoms with E-state index < -0.39 is 0 Å². The molecule has 0 heterocycles. The van der Waals surface area contributed by atoms with Crippen molar-refractivity contribution in [3.8, 4) is 5.75 Å². The predicted octanol–water partition coefficient (Wildman–Crippen LogP) is 4.52. The Labute approximate surface area is 98.9 Å². The second kappa shape index (κ2) is 5.11. The van der Waals surface area contributed by atoms with Gasteiger partial charge in [0.2, 0.25) is 0 Å². The molecule has 0 amide bonds. The Hall–Kier alpha value is -0.110. The first-order valence-electron chi connectivity index (χ1n) is 4.25. The summed E-state index contributed by atoms with van der Waals surface area (Å²) in [6.45, 7) is 3.87. The minimum absolute atomic E-state index is 0.0654. The Morgan fingerprint density at radius 2 is 1.93 bits per heavy atom. The van der Waals surface area contributed by atoms with Crippen molar-refractivity contribution in [2.24, 2.45) is 0 Å². The highest BCUT2D eigenvalue weighted by Gasteiger charge is 2.11. The molecular weight excluding hydrogens is 242 g/mol. The topological polar surface area (TPSA) is 9.23 Å². The van der Waals surface area contributed by atoms with Gasteiger partial charge >= 0.3 is 0 Å². The summed E-state index contributed by atoms with van der Waals surface area (Å²) in [6, 6.07) is 3.41. The van der Waals surface area contributed by atoms with Gasteiger partial charge in [-0.2, -0.15) is 0 Å². The molecule has 0 atom stereocenters. The summed E-state index contributed by atoms with van der Waals surface area (Å²) in [5.74, 6) is 0.962. The molecule has 0 aliphatic rings. The molecule has 14 heavy (non-hydrogen) atoms. The standard InChI is InChI=1S/C10H11Cl3O/c1-6(2)14-10-7(5-11)3-8(12)4-9(10)13/h3-4,6H,5H2,1-2H3. The molecule has 0 radical (unpaired) electrons. The van der Waals surface area contributed by atoms with Crippen molar-refractivity contribution < 1.29 is 4.74 Å². The predicted molar refractivity (Wildman–Crippen MR) is 61.8 cm³/mol. The minimum Gasteiger partial charge on any atom is -0.489 e. The molecule has 0 aliphatic heterocycles. The maximum atomic E-state index is 5.99. The Kier molecular flexibility index (Phi) is 4.36. The van der Waals surface area contributed by atoms with E-state index in [1.54, 1.807) is 12.1 Å². The molecule has 0 saturated carbocycles. The maximum absolute atomic E-state index is 5.99. The molecule has 0 unspecified atom stereocenters. The summed E-state index contributed by atoms with van der Waals surface area (Å²) in [6.07, 6.45) is 0.0654. The average Bonchev–Trinajstić information content (AvgIpc) is 2.08. The fourth-order valence-electron chi connectivity index (χ4n) is 1.08. The lowest BCUT2D eigenvalue weighted by molar-refractivity contribution is 0.241. The highest BCUT2D eigenvalue weighted by Crippen LogP contribution is 2.33. The van der Waals surface area contributed by atoms with Gasteiger partial charge in [-0.3, -0.25) is 0 Å². The Balaban J connectivity index is 3.11. The van der Waals surface area contributed by atoms with Gasteiger partial charge in [0.25, 0.3) is 0 Å². The Bertz CT molecular complexity index is 323.